The molecule has 178 valence electrons. The molecule has 1 atom stereocenters. The Labute approximate surface area is 207 Å². The normalized spacial score (nSPS) is 12.2. The predicted octanol–water partition coefficient (Wildman–Crippen LogP) is 7.44. The van der Waals surface area contributed by atoms with Crippen LogP contribution in [0.5, 0.6) is 11.5 Å². The molecule has 0 aliphatic heterocycles. The number of hydrogen-bond donors (Lipinski definition) is 0. The van der Waals surface area contributed by atoms with Crippen molar-refractivity contribution in [1.82, 2.24) is 9.55 Å². The minimum Gasteiger partial charge on any atom is -0.497 e. The highest BCUT2D eigenvalue weighted by Crippen LogP contribution is 2.31. The lowest BCUT2D eigenvalue weighted by atomic mass is 9.97. The van der Waals surface area contributed by atoms with Gasteiger partial charge in [-0.3, -0.25) is 0 Å². The quantitative estimate of drug-likeness (QED) is 0.224. The van der Waals surface area contributed by atoms with Crippen LogP contribution in [-0.2, 0) is 6.54 Å². The van der Waals surface area contributed by atoms with Crippen LogP contribution in [-0.4, -0.2) is 23.3 Å². The third-order valence-corrected chi connectivity index (χ3v) is 6.63. The highest BCUT2D eigenvalue weighted by Gasteiger charge is 2.18. The van der Waals surface area contributed by atoms with Crippen LogP contribution < -0.4 is 9.47 Å². The van der Waals surface area contributed by atoms with Crippen LogP contribution in [0, 0.1) is 13.8 Å². The Hall–Kier alpha value is -3.79. The van der Waals surface area contributed by atoms with E-state index in [2.05, 4.69) is 98.1 Å². The number of hydrogen-bond acceptors (Lipinski definition) is 3. The Bertz CT molecular complexity index is 1460. The summed E-state index contributed by atoms with van der Waals surface area (Å²) in [4.78, 5) is 5.06. The lowest BCUT2D eigenvalue weighted by molar-refractivity contribution is 0.301. The average Bonchev–Trinajstić information content (AvgIpc) is 3.23. The maximum absolute atomic E-state index is 6.09. The summed E-state index contributed by atoms with van der Waals surface area (Å²) in [6, 6.07) is 27.6. The van der Waals surface area contributed by atoms with E-state index in [1.54, 1.807) is 7.11 Å². The van der Waals surface area contributed by atoms with Gasteiger partial charge in [0.2, 0.25) is 0 Å². The van der Waals surface area contributed by atoms with Gasteiger partial charge in [-0.05, 0) is 84.1 Å². The van der Waals surface area contributed by atoms with Gasteiger partial charge in [0.1, 0.15) is 17.3 Å². The van der Waals surface area contributed by atoms with Gasteiger partial charge in [-0.1, -0.05) is 49.4 Å². The van der Waals surface area contributed by atoms with Crippen LogP contribution in [0.2, 0.25) is 0 Å². The van der Waals surface area contributed by atoms with Gasteiger partial charge in [0.15, 0.2) is 0 Å². The van der Waals surface area contributed by atoms with Gasteiger partial charge in [0, 0.05) is 12.5 Å². The van der Waals surface area contributed by atoms with Gasteiger partial charge < -0.3 is 14.0 Å². The fraction of sp³-hybridized carbons (Fsp3) is 0.258. The number of methoxy groups -OCH3 is 1. The number of aromatic nitrogens is 2. The van der Waals surface area contributed by atoms with Crippen molar-refractivity contribution in [1.29, 1.82) is 0 Å². The van der Waals surface area contributed by atoms with Crippen LogP contribution in [0.1, 0.15) is 41.8 Å². The summed E-state index contributed by atoms with van der Waals surface area (Å²) < 4.78 is 13.8. The summed E-state index contributed by atoms with van der Waals surface area (Å²) in [5.74, 6) is 3.07. The highest BCUT2D eigenvalue weighted by atomic mass is 16.5. The number of nitrogens with zero attached hydrogens (tertiary/aromatic N) is 2. The Morgan fingerprint density at radius 2 is 1.57 bits per heavy atom. The minimum atomic E-state index is 0.161. The summed E-state index contributed by atoms with van der Waals surface area (Å²) in [5, 5.41) is 2.39. The van der Waals surface area contributed by atoms with E-state index in [0.717, 1.165) is 35.8 Å². The molecule has 0 saturated carbocycles. The number of rotatable bonds is 8. The molecule has 4 nitrogen and oxygen atoms in total. The average molecular weight is 465 g/mol. The van der Waals surface area contributed by atoms with Crippen molar-refractivity contribution in [3.8, 4) is 11.5 Å². The van der Waals surface area contributed by atoms with Crippen molar-refractivity contribution < 1.29 is 9.47 Å². The smallest absolute Gasteiger partial charge is 0.119 e. The van der Waals surface area contributed by atoms with Crippen LogP contribution in [0.4, 0.5) is 0 Å². The monoisotopic (exact) mass is 464 g/mol. The maximum atomic E-state index is 6.09. The number of aryl methyl sites for hydroxylation is 3. The molecule has 1 aromatic heterocycles. The topological polar surface area (TPSA) is 36.3 Å². The van der Waals surface area contributed by atoms with E-state index < -0.39 is 0 Å². The first-order valence-corrected chi connectivity index (χ1v) is 12.3. The van der Waals surface area contributed by atoms with Gasteiger partial charge in [0.25, 0.3) is 0 Å². The van der Waals surface area contributed by atoms with Gasteiger partial charge >= 0.3 is 0 Å². The van der Waals surface area contributed by atoms with E-state index in [-0.39, 0.29) is 5.92 Å². The molecule has 4 aromatic carbocycles. The van der Waals surface area contributed by atoms with E-state index in [1.165, 1.54) is 33.0 Å². The Kier molecular flexibility index (Phi) is 6.45. The number of fused-ring (bicyclic) bond motifs is 2. The van der Waals surface area contributed by atoms with Crippen molar-refractivity contribution in [2.24, 2.45) is 0 Å². The molecule has 1 unspecified atom stereocenters. The number of para-hydroxylation sites is 2. The lowest BCUT2D eigenvalue weighted by Gasteiger charge is -2.16. The third kappa shape index (κ3) is 4.88. The summed E-state index contributed by atoms with van der Waals surface area (Å²) in [6.07, 6.45) is 0.907. The Morgan fingerprint density at radius 1 is 0.829 bits per heavy atom. The van der Waals surface area contributed by atoms with Crippen LogP contribution >= 0.6 is 0 Å². The SMILES string of the molecule is COc1ccc2cc(C(C)c3nc4ccccc4n3CCCOc3cc(C)cc(C)c3)ccc2c1. The zero-order valence-corrected chi connectivity index (χ0v) is 20.9. The van der Waals surface area contributed by atoms with Crippen molar-refractivity contribution in [2.45, 2.75) is 39.7 Å². The molecule has 5 rings (SSSR count). The molecule has 0 aliphatic carbocycles. The summed E-state index contributed by atoms with van der Waals surface area (Å²) >= 11 is 0. The first kappa shape index (κ1) is 23.0. The summed E-state index contributed by atoms with van der Waals surface area (Å²) in [6.45, 7) is 7.98. The molecule has 0 saturated heterocycles. The van der Waals surface area contributed by atoms with Gasteiger partial charge in [-0.25, -0.2) is 4.98 Å². The molecule has 0 radical (unpaired) electrons. The summed E-state index contributed by atoms with van der Waals surface area (Å²) in [7, 11) is 1.70. The minimum absolute atomic E-state index is 0.161. The predicted molar refractivity (Wildman–Crippen MR) is 144 cm³/mol. The third-order valence-electron chi connectivity index (χ3n) is 6.63. The Balaban J connectivity index is 1.39. The molecular weight excluding hydrogens is 432 g/mol. The fourth-order valence-electron chi connectivity index (χ4n) is 4.88. The van der Waals surface area contributed by atoms with Crippen molar-refractivity contribution in [3.05, 3.63) is 101 Å². The molecule has 35 heavy (non-hydrogen) atoms. The first-order chi connectivity index (χ1) is 17.0. The summed E-state index contributed by atoms with van der Waals surface area (Å²) in [5.41, 5.74) is 5.92. The molecule has 5 aromatic rings. The second-order valence-corrected chi connectivity index (χ2v) is 9.33. The molecule has 0 spiro atoms. The highest BCUT2D eigenvalue weighted by molar-refractivity contribution is 5.85. The molecule has 1 heterocycles. The molecule has 0 N–H and O–H groups in total. The van der Waals surface area contributed by atoms with E-state index in [4.69, 9.17) is 14.5 Å². The molecule has 0 amide bonds. The van der Waals surface area contributed by atoms with E-state index in [9.17, 15) is 0 Å². The van der Waals surface area contributed by atoms with Crippen LogP contribution in [0.15, 0.2) is 78.9 Å². The van der Waals surface area contributed by atoms with Crippen molar-refractivity contribution in [3.63, 3.8) is 0 Å². The zero-order valence-electron chi connectivity index (χ0n) is 20.9. The number of imidazole rings is 1. The van der Waals surface area contributed by atoms with Gasteiger partial charge in [-0.2, -0.15) is 0 Å². The largest absolute Gasteiger partial charge is 0.497 e. The maximum Gasteiger partial charge on any atom is 0.119 e. The van der Waals surface area contributed by atoms with Crippen molar-refractivity contribution >= 4 is 21.8 Å². The molecule has 0 fully saturated rings. The second kappa shape index (κ2) is 9.83. The zero-order chi connectivity index (χ0) is 24.4. The molecular formula is C31H32N2O2. The molecule has 4 heteroatoms. The molecule has 0 bridgehead atoms. The van der Waals surface area contributed by atoms with E-state index in [0.29, 0.717) is 6.61 Å². The van der Waals surface area contributed by atoms with Crippen molar-refractivity contribution in [2.75, 3.05) is 13.7 Å². The second-order valence-electron chi connectivity index (χ2n) is 9.33. The first-order valence-electron chi connectivity index (χ1n) is 12.3. The van der Waals surface area contributed by atoms with Gasteiger partial charge in [-0.15, -0.1) is 0 Å². The fourth-order valence-corrected chi connectivity index (χ4v) is 4.88. The van der Waals surface area contributed by atoms with Crippen LogP contribution in [0.3, 0.4) is 0 Å². The van der Waals surface area contributed by atoms with E-state index >= 15 is 0 Å². The molecule has 0 aliphatic rings. The van der Waals surface area contributed by atoms with Gasteiger partial charge in [0.05, 0.1) is 24.8 Å². The number of ether oxygens (including phenoxy) is 2. The lowest BCUT2D eigenvalue weighted by Crippen LogP contribution is -2.11. The Morgan fingerprint density at radius 3 is 2.37 bits per heavy atom. The van der Waals surface area contributed by atoms with Crippen LogP contribution in [0.25, 0.3) is 21.8 Å². The standard InChI is InChI=1S/C31H32N2O2/c1-21-16-22(2)18-28(17-21)35-15-7-14-33-30-9-6-5-8-29(30)32-31(33)23(3)24-10-11-26-20-27(34-4)13-12-25(26)19-24/h5-6,8-13,16-20,23H,7,14-15H2,1-4H3. The number of benzene rings is 4. The van der Waals surface area contributed by atoms with E-state index in [1.807, 2.05) is 6.07 Å².